The van der Waals surface area contributed by atoms with E-state index in [-0.39, 0.29) is 5.54 Å². The minimum Gasteiger partial charge on any atom is -0.299 e. The fraction of sp³-hybridized carbons (Fsp3) is 0.389. The lowest BCUT2D eigenvalue weighted by molar-refractivity contribution is 0.416. The first-order valence-corrected chi connectivity index (χ1v) is 8.54. The van der Waals surface area contributed by atoms with Gasteiger partial charge in [-0.15, -0.1) is 11.8 Å². The highest BCUT2D eigenvalue weighted by molar-refractivity contribution is 7.99. The van der Waals surface area contributed by atoms with Gasteiger partial charge in [0.05, 0.1) is 6.07 Å². The van der Waals surface area contributed by atoms with E-state index in [4.69, 9.17) is 0 Å². The second kappa shape index (κ2) is 6.09. The Kier molecular flexibility index (Phi) is 4.19. The highest BCUT2D eigenvalue weighted by atomic mass is 32.2. The first kappa shape index (κ1) is 14.4. The summed E-state index contributed by atoms with van der Waals surface area (Å²) >= 11 is 1.79. The van der Waals surface area contributed by atoms with Gasteiger partial charge >= 0.3 is 0 Å². The lowest BCUT2D eigenvalue weighted by Crippen LogP contribution is -2.48. The van der Waals surface area contributed by atoms with E-state index in [9.17, 15) is 5.26 Å². The van der Waals surface area contributed by atoms with Crippen LogP contribution in [0, 0.1) is 17.2 Å². The molecule has 0 aliphatic heterocycles. The second-order valence-electron chi connectivity index (χ2n) is 5.69. The Labute approximate surface area is 130 Å². The Morgan fingerprint density at radius 2 is 2.00 bits per heavy atom. The molecule has 1 fully saturated rings. The van der Waals surface area contributed by atoms with E-state index in [1.807, 2.05) is 0 Å². The molecule has 0 spiro atoms. The van der Waals surface area contributed by atoms with Crippen LogP contribution >= 0.6 is 11.8 Å². The number of hydrogen-bond donors (Lipinski definition) is 1. The van der Waals surface area contributed by atoms with E-state index in [0.717, 1.165) is 12.3 Å². The zero-order valence-corrected chi connectivity index (χ0v) is 13.1. The Morgan fingerprint density at radius 1 is 1.24 bits per heavy atom. The molecule has 21 heavy (non-hydrogen) atoms. The molecule has 1 unspecified atom stereocenters. The van der Waals surface area contributed by atoms with E-state index in [2.05, 4.69) is 60.8 Å². The fourth-order valence-electron chi connectivity index (χ4n) is 2.82. The van der Waals surface area contributed by atoms with Gasteiger partial charge in [-0.25, -0.2) is 0 Å². The number of rotatable bonds is 6. The predicted molar refractivity (Wildman–Crippen MR) is 89.4 cm³/mol. The molecule has 1 aliphatic rings. The number of fused-ring (bicyclic) bond motifs is 1. The summed E-state index contributed by atoms with van der Waals surface area (Å²) in [6, 6.07) is 17.5. The van der Waals surface area contributed by atoms with Gasteiger partial charge in [-0.2, -0.15) is 5.26 Å². The third kappa shape index (κ3) is 3.07. The zero-order chi connectivity index (χ0) is 14.7. The van der Waals surface area contributed by atoms with Crippen molar-refractivity contribution in [3.8, 4) is 6.07 Å². The monoisotopic (exact) mass is 296 g/mol. The smallest absolute Gasteiger partial charge is 0.119 e. The zero-order valence-electron chi connectivity index (χ0n) is 12.3. The molecule has 0 bridgehead atoms. The third-order valence-electron chi connectivity index (χ3n) is 4.15. The van der Waals surface area contributed by atoms with Crippen molar-refractivity contribution in [3.63, 3.8) is 0 Å². The maximum absolute atomic E-state index is 9.64. The summed E-state index contributed by atoms with van der Waals surface area (Å²) < 4.78 is 0. The summed E-state index contributed by atoms with van der Waals surface area (Å²) in [6.07, 6.45) is 2.36. The van der Waals surface area contributed by atoms with Crippen molar-refractivity contribution in [1.82, 2.24) is 5.32 Å². The Hall–Kier alpha value is -1.50. The SMILES string of the molecule is CCNC(C#N)(CSc1ccc2ccccc2c1)C1CC1. The Morgan fingerprint density at radius 3 is 2.67 bits per heavy atom. The maximum Gasteiger partial charge on any atom is 0.119 e. The molecule has 1 N–H and O–H groups in total. The normalized spacial score (nSPS) is 17.3. The van der Waals surface area contributed by atoms with E-state index >= 15 is 0 Å². The third-order valence-corrected chi connectivity index (χ3v) is 5.34. The van der Waals surface area contributed by atoms with E-state index in [1.165, 1.54) is 28.5 Å². The van der Waals surface area contributed by atoms with Gasteiger partial charge < -0.3 is 0 Å². The van der Waals surface area contributed by atoms with Crippen molar-refractivity contribution in [1.29, 1.82) is 5.26 Å². The molecule has 3 rings (SSSR count). The molecule has 3 heteroatoms. The van der Waals surface area contributed by atoms with Crippen LogP contribution in [0.3, 0.4) is 0 Å². The summed E-state index contributed by atoms with van der Waals surface area (Å²) in [5.41, 5.74) is -0.356. The van der Waals surface area contributed by atoms with Crippen LogP contribution in [0.15, 0.2) is 47.4 Å². The van der Waals surface area contributed by atoms with Crippen molar-refractivity contribution in [2.45, 2.75) is 30.2 Å². The van der Waals surface area contributed by atoms with Crippen molar-refractivity contribution in [2.24, 2.45) is 5.92 Å². The van der Waals surface area contributed by atoms with Crippen LogP contribution in [0.5, 0.6) is 0 Å². The molecule has 108 valence electrons. The highest BCUT2D eigenvalue weighted by Crippen LogP contribution is 2.42. The van der Waals surface area contributed by atoms with Crippen molar-refractivity contribution >= 4 is 22.5 Å². The van der Waals surface area contributed by atoms with Gasteiger partial charge in [0.15, 0.2) is 0 Å². The number of benzene rings is 2. The van der Waals surface area contributed by atoms with Gasteiger partial charge in [-0.1, -0.05) is 37.3 Å². The number of nitriles is 1. The van der Waals surface area contributed by atoms with E-state index < -0.39 is 0 Å². The van der Waals surface area contributed by atoms with Gasteiger partial charge in [0.1, 0.15) is 5.54 Å². The molecule has 0 saturated heterocycles. The number of thioether (sulfide) groups is 1. The topological polar surface area (TPSA) is 35.8 Å². The first-order chi connectivity index (χ1) is 10.3. The molecule has 0 radical (unpaired) electrons. The quantitative estimate of drug-likeness (QED) is 0.811. The standard InChI is InChI=1S/C18H20N2S/c1-2-20-18(12-19,16-8-9-16)13-21-17-10-7-14-5-3-4-6-15(14)11-17/h3-7,10-11,16,20H,2,8-9,13H2,1H3. The van der Waals surface area contributed by atoms with Crippen LogP contribution < -0.4 is 5.32 Å². The van der Waals surface area contributed by atoms with Gasteiger partial charge in [-0.05, 0) is 48.2 Å². The van der Waals surface area contributed by atoms with E-state index in [0.29, 0.717) is 5.92 Å². The van der Waals surface area contributed by atoms with Crippen LogP contribution in [-0.2, 0) is 0 Å². The molecule has 0 aromatic heterocycles. The molecule has 2 nitrogen and oxygen atoms in total. The molecular weight excluding hydrogens is 276 g/mol. The Bertz CT molecular complexity index is 672. The van der Waals surface area contributed by atoms with Crippen LogP contribution in [0.2, 0.25) is 0 Å². The predicted octanol–water partition coefficient (Wildman–Crippen LogP) is 4.21. The average Bonchev–Trinajstić information content (AvgIpc) is 3.36. The van der Waals surface area contributed by atoms with Crippen molar-refractivity contribution < 1.29 is 0 Å². The second-order valence-corrected chi connectivity index (χ2v) is 6.73. The lowest BCUT2D eigenvalue weighted by atomic mass is 9.98. The van der Waals surface area contributed by atoms with E-state index in [1.54, 1.807) is 11.8 Å². The molecule has 2 aromatic carbocycles. The maximum atomic E-state index is 9.64. The van der Waals surface area contributed by atoms with Crippen LogP contribution in [0.1, 0.15) is 19.8 Å². The number of hydrogen-bond acceptors (Lipinski definition) is 3. The Balaban J connectivity index is 1.76. The van der Waals surface area contributed by atoms with Gasteiger partial charge in [0, 0.05) is 10.6 Å². The molecular formula is C18H20N2S. The highest BCUT2D eigenvalue weighted by Gasteiger charge is 2.45. The summed E-state index contributed by atoms with van der Waals surface area (Å²) in [7, 11) is 0. The van der Waals surface area contributed by atoms with Gasteiger partial charge in [0.2, 0.25) is 0 Å². The number of nitrogens with zero attached hydrogens (tertiary/aromatic N) is 1. The van der Waals surface area contributed by atoms with Crippen LogP contribution in [0.25, 0.3) is 10.8 Å². The molecule has 2 aromatic rings. The number of nitrogens with one attached hydrogen (secondary N) is 1. The van der Waals surface area contributed by atoms with Crippen LogP contribution in [-0.4, -0.2) is 17.8 Å². The fourth-order valence-corrected chi connectivity index (χ4v) is 3.99. The minimum absolute atomic E-state index is 0.356. The summed E-state index contributed by atoms with van der Waals surface area (Å²) in [6.45, 7) is 2.93. The van der Waals surface area contributed by atoms with Crippen molar-refractivity contribution in [3.05, 3.63) is 42.5 Å². The van der Waals surface area contributed by atoms with Crippen molar-refractivity contribution in [2.75, 3.05) is 12.3 Å². The van der Waals surface area contributed by atoms with Crippen LogP contribution in [0.4, 0.5) is 0 Å². The average molecular weight is 296 g/mol. The summed E-state index contributed by atoms with van der Waals surface area (Å²) in [4.78, 5) is 1.24. The van der Waals surface area contributed by atoms with Gasteiger partial charge in [0.25, 0.3) is 0 Å². The minimum atomic E-state index is -0.356. The molecule has 0 heterocycles. The molecule has 1 saturated carbocycles. The molecule has 0 amide bonds. The first-order valence-electron chi connectivity index (χ1n) is 7.55. The molecule has 1 aliphatic carbocycles. The summed E-state index contributed by atoms with van der Waals surface area (Å²) in [5.74, 6) is 1.34. The largest absolute Gasteiger partial charge is 0.299 e. The molecule has 1 atom stereocenters. The van der Waals surface area contributed by atoms with Gasteiger partial charge in [-0.3, -0.25) is 5.32 Å². The lowest BCUT2D eigenvalue weighted by Gasteiger charge is -2.27. The summed E-state index contributed by atoms with van der Waals surface area (Å²) in [5, 5.41) is 15.6.